The number of benzene rings is 2. The van der Waals surface area contributed by atoms with Crippen molar-refractivity contribution in [2.24, 2.45) is 13.0 Å². The Morgan fingerprint density at radius 2 is 1.93 bits per heavy atom. The number of amides is 2. The highest BCUT2D eigenvalue weighted by Crippen LogP contribution is 2.27. The maximum Gasteiger partial charge on any atom is 0.229 e. The van der Waals surface area contributed by atoms with Crippen LogP contribution in [0.15, 0.2) is 54.7 Å². The van der Waals surface area contributed by atoms with Gasteiger partial charge in [-0.1, -0.05) is 18.2 Å². The number of aryl methyl sites for hydroxylation is 1. The minimum atomic E-state index is -0.372. The number of methoxy groups -OCH3 is 1. The fourth-order valence-corrected chi connectivity index (χ4v) is 3.81. The smallest absolute Gasteiger partial charge is 0.229 e. The second kappa shape index (κ2) is 8.49. The standard InChI is InChI=1S/C23H25N3O4/c1-25-11-10-17-18(6-5-7-19(17)25)24-23(28)16-14-22(27)26(15-16)12-13-30-21-9-4-3-8-20(21)29-2/h3-11,16H,12-15H2,1-2H3,(H,24,28)/t16-/m0/s1. The van der Waals surface area contributed by atoms with Crippen molar-refractivity contribution in [1.29, 1.82) is 0 Å². The van der Waals surface area contributed by atoms with Crippen molar-refractivity contribution in [3.63, 3.8) is 0 Å². The van der Waals surface area contributed by atoms with Crippen LogP contribution in [0.4, 0.5) is 5.69 Å². The Morgan fingerprint density at radius 1 is 1.13 bits per heavy atom. The maximum atomic E-state index is 12.8. The number of carbonyl (C=O) groups is 2. The summed E-state index contributed by atoms with van der Waals surface area (Å²) < 4.78 is 13.0. The van der Waals surface area contributed by atoms with Gasteiger partial charge in [-0.05, 0) is 30.3 Å². The van der Waals surface area contributed by atoms with Crippen LogP contribution in [0.25, 0.3) is 10.9 Å². The van der Waals surface area contributed by atoms with Crippen molar-refractivity contribution in [2.75, 3.05) is 32.1 Å². The first-order valence-corrected chi connectivity index (χ1v) is 9.95. The Balaban J connectivity index is 1.34. The topological polar surface area (TPSA) is 72.8 Å². The lowest BCUT2D eigenvalue weighted by atomic mass is 10.1. The van der Waals surface area contributed by atoms with Crippen LogP contribution in [-0.4, -0.2) is 48.1 Å². The zero-order chi connectivity index (χ0) is 21.1. The molecule has 30 heavy (non-hydrogen) atoms. The molecule has 1 aliphatic rings. The first-order valence-electron chi connectivity index (χ1n) is 9.95. The van der Waals surface area contributed by atoms with Crippen LogP contribution in [0, 0.1) is 5.92 Å². The largest absolute Gasteiger partial charge is 0.493 e. The third-order valence-corrected chi connectivity index (χ3v) is 5.46. The molecule has 2 aromatic carbocycles. The first-order chi connectivity index (χ1) is 14.6. The number of fused-ring (bicyclic) bond motifs is 1. The summed E-state index contributed by atoms with van der Waals surface area (Å²) in [6.07, 6.45) is 2.17. The summed E-state index contributed by atoms with van der Waals surface area (Å²) in [7, 11) is 3.56. The predicted molar refractivity (Wildman–Crippen MR) is 115 cm³/mol. The molecule has 0 unspecified atom stereocenters. The Kier molecular flexibility index (Phi) is 5.61. The summed E-state index contributed by atoms with van der Waals surface area (Å²) in [6.45, 7) is 1.16. The minimum absolute atomic E-state index is 0.0308. The molecular formula is C23H25N3O4. The van der Waals surface area contributed by atoms with Gasteiger partial charge in [0, 0.05) is 37.1 Å². The fourth-order valence-electron chi connectivity index (χ4n) is 3.81. The van der Waals surface area contributed by atoms with Crippen LogP contribution < -0.4 is 14.8 Å². The van der Waals surface area contributed by atoms with Gasteiger partial charge in [0.25, 0.3) is 0 Å². The SMILES string of the molecule is COc1ccccc1OCCN1C[C@@H](C(=O)Nc2cccc3c2ccn3C)CC1=O. The molecular weight excluding hydrogens is 382 g/mol. The van der Waals surface area contributed by atoms with Crippen LogP contribution in [0.3, 0.4) is 0 Å². The number of anilines is 1. The molecule has 0 spiro atoms. The van der Waals surface area contributed by atoms with Crippen molar-refractivity contribution in [3.8, 4) is 11.5 Å². The molecule has 1 N–H and O–H groups in total. The summed E-state index contributed by atoms with van der Waals surface area (Å²) in [6, 6.07) is 15.2. The highest BCUT2D eigenvalue weighted by Gasteiger charge is 2.34. The molecule has 1 saturated heterocycles. The number of rotatable bonds is 7. The van der Waals surface area contributed by atoms with E-state index in [1.807, 2.05) is 66.3 Å². The van der Waals surface area contributed by atoms with Gasteiger partial charge >= 0.3 is 0 Å². The molecule has 0 radical (unpaired) electrons. The van der Waals surface area contributed by atoms with Gasteiger partial charge in [0.15, 0.2) is 11.5 Å². The monoisotopic (exact) mass is 407 g/mol. The van der Waals surface area contributed by atoms with E-state index in [4.69, 9.17) is 9.47 Å². The van der Waals surface area contributed by atoms with Crippen LogP contribution in [0.5, 0.6) is 11.5 Å². The maximum absolute atomic E-state index is 12.8. The number of aromatic nitrogens is 1. The van der Waals surface area contributed by atoms with Crippen LogP contribution in [0.1, 0.15) is 6.42 Å². The zero-order valence-corrected chi connectivity index (χ0v) is 17.1. The number of para-hydroxylation sites is 2. The molecule has 3 aromatic rings. The molecule has 0 bridgehead atoms. The number of nitrogens with one attached hydrogen (secondary N) is 1. The van der Waals surface area contributed by atoms with E-state index in [9.17, 15) is 9.59 Å². The summed E-state index contributed by atoms with van der Waals surface area (Å²) in [5, 5.41) is 3.99. The van der Waals surface area contributed by atoms with E-state index in [2.05, 4.69) is 5.32 Å². The number of nitrogens with zero attached hydrogens (tertiary/aromatic N) is 2. The third kappa shape index (κ3) is 3.96. The molecule has 7 nitrogen and oxygen atoms in total. The summed E-state index contributed by atoms with van der Waals surface area (Å²) >= 11 is 0. The highest BCUT2D eigenvalue weighted by atomic mass is 16.5. The number of likely N-dealkylation sites (tertiary alicyclic amines) is 1. The van der Waals surface area contributed by atoms with Crippen LogP contribution in [0.2, 0.25) is 0 Å². The van der Waals surface area contributed by atoms with Gasteiger partial charge in [-0.25, -0.2) is 0 Å². The van der Waals surface area contributed by atoms with Crippen LogP contribution >= 0.6 is 0 Å². The van der Waals surface area contributed by atoms with Crippen molar-refractivity contribution in [3.05, 3.63) is 54.7 Å². The van der Waals surface area contributed by atoms with E-state index in [0.29, 0.717) is 31.2 Å². The minimum Gasteiger partial charge on any atom is -0.493 e. The zero-order valence-electron chi connectivity index (χ0n) is 17.1. The lowest BCUT2D eigenvalue weighted by Gasteiger charge is -2.18. The van der Waals surface area contributed by atoms with E-state index in [1.165, 1.54) is 0 Å². The predicted octanol–water partition coefficient (Wildman–Crippen LogP) is 3.05. The third-order valence-electron chi connectivity index (χ3n) is 5.46. The molecule has 4 rings (SSSR count). The lowest BCUT2D eigenvalue weighted by Crippen LogP contribution is -2.31. The van der Waals surface area contributed by atoms with Gasteiger partial charge in [0.05, 0.1) is 25.3 Å². The van der Waals surface area contributed by atoms with Crippen molar-refractivity contribution < 1.29 is 19.1 Å². The highest BCUT2D eigenvalue weighted by molar-refractivity contribution is 6.03. The normalized spacial score (nSPS) is 16.1. The Hall–Kier alpha value is -3.48. The van der Waals surface area contributed by atoms with E-state index in [-0.39, 0.29) is 24.2 Å². The van der Waals surface area contributed by atoms with Gasteiger partial charge in [-0.2, -0.15) is 0 Å². The van der Waals surface area contributed by atoms with E-state index in [0.717, 1.165) is 16.6 Å². The molecule has 7 heteroatoms. The van der Waals surface area contributed by atoms with Gasteiger partial charge < -0.3 is 24.3 Å². The van der Waals surface area contributed by atoms with E-state index in [1.54, 1.807) is 12.0 Å². The van der Waals surface area contributed by atoms with E-state index >= 15 is 0 Å². The first kappa shape index (κ1) is 19.8. The Labute approximate surface area is 175 Å². The quantitative estimate of drug-likeness (QED) is 0.653. The van der Waals surface area contributed by atoms with Gasteiger partial charge in [-0.3, -0.25) is 9.59 Å². The summed E-state index contributed by atoms with van der Waals surface area (Å²) in [5.41, 5.74) is 1.81. The summed E-state index contributed by atoms with van der Waals surface area (Å²) in [4.78, 5) is 26.9. The average molecular weight is 407 g/mol. The Morgan fingerprint density at radius 3 is 2.73 bits per heavy atom. The van der Waals surface area contributed by atoms with E-state index < -0.39 is 0 Å². The molecule has 1 aromatic heterocycles. The number of ether oxygens (including phenoxy) is 2. The molecule has 1 atom stereocenters. The van der Waals surface area contributed by atoms with Crippen molar-refractivity contribution in [1.82, 2.24) is 9.47 Å². The number of carbonyl (C=O) groups excluding carboxylic acids is 2. The Bertz CT molecular complexity index is 1080. The van der Waals surface area contributed by atoms with Crippen LogP contribution in [-0.2, 0) is 16.6 Å². The molecule has 2 amide bonds. The average Bonchev–Trinajstić information content (AvgIpc) is 3.32. The van der Waals surface area contributed by atoms with Crippen molar-refractivity contribution >= 4 is 28.4 Å². The molecule has 1 fully saturated rings. The molecule has 2 heterocycles. The molecule has 1 aliphatic heterocycles. The van der Waals surface area contributed by atoms with Gasteiger partial charge in [0.2, 0.25) is 11.8 Å². The molecule has 0 saturated carbocycles. The molecule has 0 aliphatic carbocycles. The number of hydrogen-bond donors (Lipinski definition) is 1. The number of hydrogen-bond acceptors (Lipinski definition) is 4. The second-order valence-corrected chi connectivity index (χ2v) is 7.39. The van der Waals surface area contributed by atoms with Crippen molar-refractivity contribution in [2.45, 2.75) is 6.42 Å². The van der Waals surface area contributed by atoms with Gasteiger partial charge in [-0.15, -0.1) is 0 Å². The molecule has 156 valence electrons. The fraction of sp³-hybridized carbons (Fsp3) is 0.304. The van der Waals surface area contributed by atoms with Gasteiger partial charge in [0.1, 0.15) is 6.61 Å². The second-order valence-electron chi connectivity index (χ2n) is 7.39. The summed E-state index contributed by atoms with van der Waals surface area (Å²) in [5.74, 6) is 0.752. The lowest BCUT2D eigenvalue weighted by molar-refractivity contribution is -0.128.